The molecule has 0 aliphatic carbocycles. The lowest BCUT2D eigenvalue weighted by Crippen LogP contribution is -2.35. The Morgan fingerprint density at radius 2 is 2.40 bits per heavy atom. The first-order valence-electron chi connectivity index (χ1n) is 7.13. The second-order valence-corrected chi connectivity index (χ2v) is 5.58. The fourth-order valence-corrected chi connectivity index (χ4v) is 2.84. The molecule has 1 aliphatic rings. The third-order valence-electron chi connectivity index (χ3n) is 4.05. The number of nitrogens with zero attached hydrogens (tertiary/aromatic N) is 2. The minimum absolute atomic E-state index is 0.0912. The van der Waals surface area contributed by atoms with Gasteiger partial charge in [0, 0.05) is 44.1 Å². The summed E-state index contributed by atoms with van der Waals surface area (Å²) in [6, 6.07) is 5.99. The normalized spacial score (nSPS) is 22.6. The van der Waals surface area contributed by atoms with Crippen molar-refractivity contribution in [2.45, 2.75) is 19.4 Å². The van der Waals surface area contributed by atoms with Crippen LogP contribution in [0.3, 0.4) is 0 Å². The smallest absolute Gasteiger partial charge is 0.137 e. The molecule has 5 nitrogen and oxygen atoms in total. The molecule has 3 heterocycles. The van der Waals surface area contributed by atoms with E-state index in [1.54, 1.807) is 0 Å². The van der Waals surface area contributed by atoms with Gasteiger partial charge in [-0.1, -0.05) is 6.07 Å². The van der Waals surface area contributed by atoms with E-state index in [4.69, 9.17) is 4.74 Å². The van der Waals surface area contributed by atoms with Gasteiger partial charge in [0.15, 0.2) is 0 Å². The van der Waals surface area contributed by atoms with E-state index in [1.807, 2.05) is 35.0 Å². The lowest BCUT2D eigenvalue weighted by atomic mass is 9.84. The Labute approximate surface area is 118 Å². The Morgan fingerprint density at radius 1 is 1.45 bits per heavy atom. The molecule has 2 aromatic heterocycles. The third-order valence-corrected chi connectivity index (χ3v) is 4.05. The highest BCUT2D eigenvalue weighted by Gasteiger charge is 2.33. The number of fused-ring (bicyclic) bond motifs is 1. The number of ether oxygens (including phenoxy) is 1. The van der Waals surface area contributed by atoms with E-state index in [9.17, 15) is 5.11 Å². The van der Waals surface area contributed by atoms with Gasteiger partial charge in [-0.25, -0.2) is 4.98 Å². The van der Waals surface area contributed by atoms with Crippen LogP contribution in [0.25, 0.3) is 5.65 Å². The van der Waals surface area contributed by atoms with E-state index in [1.165, 1.54) is 0 Å². The van der Waals surface area contributed by atoms with E-state index < -0.39 is 0 Å². The number of nitrogens with one attached hydrogen (secondary N) is 1. The van der Waals surface area contributed by atoms with Gasteiger partial charge >= 0.3 is 0 Å². The number of aromatic nitrogens is 2. The maximum absolute atomic E-state index is 9.20. The molecule has 20 heavy (non-hydrogen) atoms. The molecule has 1 atom stereocenters. The zero-order valence-electron chi connectivity index (χ0n) is 11.6. The summed E-state index contributed by atoms with van der Waals surface area (Å²) < 4.78 is 7.52. The zero-order chi connectivity index (χ0) is 13.8. The van der Waals surface area contributed by atoms with Crippen LogP contribution in [0, 0.1) is 5.41 Å². The molecule has 1 aliphatic heterocycles. The van der Waals surface area contributed by atoms with Gasteiger partial charge in [0.2, 0.25) is 0 Å². The highest BCUT2D eigenvalue weighted by atomic mass is 16.5. The predicted octanol–water partition coefficient (Wildman–Crippen LogP) is 1.21. The van der Waals surface area contributed by atoms with Crippen LogP contribution in [0.5, 0.6) is 0 Å². The summed E-state index contributed by atoms with van der Waals surface area (Å²) in [6.07, 6.45) is 5.87. The van der Waals surface area contributed by atoms with Gasteiger partial charge in [0.25, 0.3) is 0 Å². The number of aliphatic hydroxyl groups excluding tert-OH is 1. The molecule has 3 rings (SSSR count). The molecule has 0 bridgehead atoms. The van der Waals surface area contributed by atoms with Crippen molar-refractivity contribution in [1.29, 1.82) is 0 Å². The average molecular weight is 275 g/mol. The minimum atomic E-state index is 0.0912. The number of pyridine rings is 1. The number of imidazole rings is 1. The van der Waals surface area contributed by atoms with Crippen molar-refractivity contribution in [3.8, 4) is 0 Å². The second kappa shape index (κ2) is 5.91. The molecule has 108 valence electrons. The van der Waals surface area contributed by atoms with Crippen LogP contribution in [-0.2, 0) is 11.3 Å². The SMILES string of the molecule is OCCC1(CNCc2cn3ccccc3n2)CCOC1. The summed E-state index contributed by atoms with van der Waals surface area (Å²) >= 11 is 0. The van der Waals surface area contributed by atoms with Crippen LogP contribution < -0.4 is 5.32 Å². The molecule has 0 amide bonds. The Kier molecular flexibility index (Phi) is 4.00. The van der Waals surface area contributed by atoms with E-state index in [2.05, 4.69) is 10.3 Å². The number of aliphatic hydroxyl groups is 1. The molecule has 0 aromatic carbocycles. The van der Waals surface area contributed by atoms with Gasteiger partial charge in [-0.15, -0.1) is 0 Å². The van der Waals surface area contributed by atoms with Crippen molar-refractivity contribution in [3.63, 3.8) is 0 Å². The molecular formula is C15H21N3O2. The second-order valence-electron chi connectivity index (χ2n) is 5.58. The van der Waals surface area contributed by atoms with Gasteiger partial charge in [-0.2, -0.15) is 0 Å². The summed E-state index contributed by atoms with van der Waals surface area (Å²) in [5, 5.41) is 12.7. The quantitative estimate of drug-likeness (QED) is 0.832. The molecule has 2 N–H and O–H groups in total. The van der Waals surface area contributed by atoms with Crippen molar-refractivity contribution in [2.75, 3.05) is 26.4 Å². The fraction of sp³-hybridized carbons (Fsp3) is 0.533. The summed E-state index contributed by atoms with van der Waals surface area (Å²) in [7, 11) is 0. The number of hydrogen-bond donors (Lipinski definition) is 2. The van der Waals surface area contributed by atoms with Crippen LogP contribution in [0.4, 0.5) is 0 Å². The maximum Gasteiger partial charge on any atom is 0.137 e. The highest BCUT2D eigenvalue weighted by Crippen LogP contribution is 2.31. The lowest BCUT2D eigenvalue weighted by Gasteiger charge is -2.26. The molecular weight excluding hydrogens is 254 g/mol. The Morgan fingerprint density at radius 3 is 3.15 bits per heavy atom. The first-order valence-corrected chi connectivity index (χ1v) is 7.13. The Bertz CT molecular complexity index is 528. The molecule has 0 radical (unpaired) electrons. The van der Waals surface area contributed by atoms with Crippen LogP contribution in [0.2, 0.25) is 0 Å². The van der Waals surface area contributed by atoms with Crippen LogP contribution in [0.1, 0.15) is 18.5 Å². The zero-order valence-corrected chi connectivity index (χ0v) is 11.6. The van der Waals surface area contributed by atoms with Crippen molar-refractivity contribution in [2.24, 2.45) is 5.41 Å². The van der Waals surface area contributed by atoms with Crippen molar-refractivity contribution >= 4 is 5.65 Å². The lowest BCUT2D eigenvalue weighted by molar-refractivity contribution is 0.124. The van der Waals surface area contributed by atoms with Gasteiger partial charge in [0.05, 0.1) is 12.3 Å². The third kappa shape index (κ3) is 2.85. The standard InChI is InChI=1S/C15H21N3O2/c19-7-4-15(5-8-20-12-15)11-16-9-13-10-18-6-2-1-3-14(18)17-13/h1-3,6,10,16,19H,4-5,7-9,11-12H2. The summed E-state index contributed by atoms with van der Waals surface area (Å²) in [4.78, 5) is 4.57. The summed E-state index contributed by atoms with van der Waals surface area (Å²) in [5.41, 5.74) is 2.10. The predicted molar refractivity (Wildman–Crippen MR) is 76.5 cm³/mol. The fourth-order valence-electron chi connectivity index (χ4n) is 2.84. The average Bonchev–Trinajstić information content (AvgIpc) is 3.06. The summed E-state index contributed by atoms with van der Waals surface area (Å²) in [5.74, 6) is 0. The van der Waals surface area contributed by atoms with E-state index in [0.29, 0.717) is 0 Å². The first kappa shape index (κ1) is 13.5. The Hall–Kier alpha value is -1.43. The Balaban J connectivity index is 1.58. The summed E-state index contributed by atoms with van der Waals surface area (Å²) in [6.45, 7) is 3.37. The molecule has 1 saturated heterocycles. The van der Waals surface area contributed by atoms with Gasteiger partial charge < -0.3 is 19.6 Å². The highest BCUT2D eigenvalue weighted by molar-refractivity contribution is 5.39. The first-order chi connectivity index (χ1) is 9.81. The van der Waals surface area contributed by atoms with Crippen molar-refractivity contribution in [1.82, 2.24) is 14.7 Å². The topological polar surface area (TPSA) is 58.8 Å². The van der Waals surface area contributed by atoms with E-state index >= 15 is 0 Å². The molecule has 2 aromatic rings. The van der Waals surface area contributed by atoms with Crippen LogP contribution in [0.15, 0.2) is 30.6 Å². The van der Waals surface area contributed by atoms with Gasteiger partial charge in [-0.05, 0) is 25.0 Å². The molecule has 5 heteroatoms. The monoisotopic (exact) mass is 275 g/mol. The van der Waals surface area contributed by atoms with Gasteiger partial charge in [0.1, 0.15) is 5.65 Å². The number of rotatable bonds is 6. The van der Waals surface area contributed by atoms with Crippen LogP contribution >= 0.6 is 0 Å². The largest absolute Gasteiger partial charge is 0.396 e. The molecule has 1 unspecified atom stereocenters. The van der Waals surface area contributed by atoms with Gasteiger partial charge in [-0.3, -0.25) is 0 Å². The molecule has 0 saturated carbocycles. The van der Waals surface area contributed by atoms with Crippen LogP contribution in [-0.4, -0.2) is 40.9 Å². The van der Waals surface area contributed by atoms with Crippen molar-refractivity contribution in [3.05, 3.63) is 36.3 Å². The minimum Gasteiger partial charge on any atom is -0.396 e. The molecule has 1 fully saturated rings. The van der Waals surface area contributed by atoms with E-state index in [0.717, 1.165) is 50.5 Å². The van der Waals surface area contributed by atoms with E-state index in [-0.39, 0.29) is 12.0 Å². The van der Waals surface area contributed by atoms with Crippen molar-refractivity contribution < 1.29 is 9.84 Å². The maximum atomic E-state index is 9.20. The molecule has 0 spiro atoms. The number of hydrogen-bond acceptors (Lipinski definition) is 4.